The molecule has 0 radical (unpaired) electrons. The minimum atomic E-state index is 0.224. The van der Waals surface area contributed by atoms with Crippen LogP contribution in [0.3, 0.4) is 0 Å². The van der Waals surface area contributed by atoms with Gasteiger partial charge in [0.15, 0.2) is 0 Å². The number of amides is 1. The van der Waals surface area contributed by atoms with Crippen molar-refractivity contribution in [3.05, 3.63) is 24.0 Å². The van der Waals surface area contributed by atoms with E-state index in [1.54, 1.807) is 6.20 Å². The van der Waals surface area contributed by atoms with Crippen molar-refractivity contribution in [2.24, 2.45) is 0 Å². The molecule has 0 atom stereocenters. The van der Waals surface area contributed by atoms with Gasteiger partial charge in [0.1, 0.15) is 0 Å². The van der Waals surface area contributed by atoms with Crippen LogP contribution in [0.15, 0.2) is 18.5 Å². The summed E-state index contributed by atoms with van der Waals surface area (Å²) >= 11 is 0. The van der Waals surface area contributed by atoms with E-state index in [9.17, 15) is 4.79 Å². The summed E-state index contributed by atoms with van der Waals surface area (Å²) in [6.07, 6.45) is 6.27. The van der Waals surface area contributed by atoms with Crippen molar-refractivity contribution in [3.8, 4) is 0 Å². The molecule has 1 aliphatic rings. The van der Waals surface area contributed by atoms with E-state index in [0.717, 1.165) is 37.2 Å². The van der Waals surface area contributed by atoms with Crippen LogP contribution in [0, 0.1) is 6.92 Å². The number of aryl methyl sites for hydroxylation is 1. The van der Waals surface area contributed by atoms with E-state index in [1.165, 1.54) is 0 Å². The van der Waals surface area contributed by atoms with Gasteiger partial charge in [-0.2, -0.15) is 0 Å². The first kappa shape index (κ1) is 11.9. The Kier molecular flexibility index (Phi) is 3.61. The molecule has 1 aliphatic heterocycles. The van der Waals surface area contributed by atoms with Gasteiger partial charge in [-0.3, -0.25) is 19.8 Å². The third kappa shape index (κ3) is 2.40. The van der Waals surface area contributed by atoms with Crippen LogP contribution in [0.4, 0.5) is 5.69 Å². The highest BCUT2D eigenvalue weighted by atomic mass is 16.2. The molecule has 0 bridgehead atoms. The fourth-order valence-electron chi connectivity index (χ4n) is 2.20. The van der Waals surface area contributed by atoms with E-state index >= 15 is 0 Å². The van der Waals surface area contributed by atoms with Gasteiger partial charge in [0.05, 0.1) is 11.9 Å². The molecule has 1 aromatic rings. The predicted octanol–water partition coefficient (Wildman–Crippen LogP) is 2.14. The Hall–Kier alpha value is -1.58. The van der Waals surface area contributed by atoms with Crippen molar-refractivity contribution in [3.63, 3.8) is 0 Å². The van der Waals surface area contributed by atoms with E-state index in [2.05, 4.69) is 23.8 Å². The van der Waals surface area contributed by atoms with Gasteiger partial charge in [0.25, 0.3) is 0 Å². The first-order valence-electron chi connectivity index (χ1n) is 6.22. The van der Waals surface area contributed by atoms with Gasteiger partial charge < -0.3 is 0 Å². The van der Waals surface area contributed by atoms with Gasteiger partial charge in [0, 0.05) is 25.7 Å². The van der Waals surface area contributed by atoms with Crippen LogP contribution in [0.25, 0.3) is 0 Å². The lowest BCUT2D eigenvalue weighted by Crippen LogP contribution is -2.44. The first-order chi connectivity index (χ1) is 8.24. The Balaban J connectivity index is 2.28. The minimum Gasteiger partial charge on any atom is -0.281 e. The molecule has 17 heavy (non-hydrogen) atoms. The van der Waals surface area contributed by atoms with Crippen molar-refractivity contribution in [1.82, 2.24) is 9.99 Å². The maximum Gasteiger partial charge on any atom is 0.241 e. The van der Waals surface area contributed by atoms with Crippen molar-refractivity contribution >= 4 is 11.6 Å². The van der Waals surface area contributed by atoms with Gasteiger partial charge in [-0.15, -0.1) is 0 Å². The number of pyridine rings is 1. The van der Waals surface area contributed by atoms with Gasteiger partial charge >= 0.3 is 0 Å². The van der Waals surface area contributed by atoms with Gasteiger partial charge in [-0.1, -0.05) is 6.92 Å². The molecule has 0 N–H and O–H groups in total. The Labute approximate surface area is 102 Å². The highest BCUT2D eigenvalue weighted by Crippen LogP contribution is 2.23. The number of carbonyl (C=O) groups excluding carboxylic acids is 1. The van der Waals surface area contributed by atoms with Crippen LogP contribution in [-0.2, 0) is 4.79 Å². The number of rotatable bonds is 4. The van der Waals surface area contributed by atoms with Crippen molar-refractivity contribution in [2.75, 3.05) is 18.1 Å². The van der Waals surface area contributed by atoms with E-state index < -0.39 is 0 Å². The number of carbonyl (C=O) groups is 1. The van der Waals surface area contributed by atoms with Crippen molar-refractivity contribution < 1.29 is 4.79 Å². The van der Waals surface area contributed by atoms with E-state index in [1.807, 2.05) is 17.3 Å². The van der Waals surface area contributed by atoms with Crippen LogP contribution in [0.2, 0.25) is 0 Å². The van der Waals surface area contributed by atoms with Crippen LogP contribution in [0.5, 0.6) is 0 Å². The molecule has 4 heteroatoms. The van der Waals surface area contributed by atoms with Gasteiger partial charge in [0.2, 0.25) is 5.91 Å². The SMILES string of the molecule is CCCN(c1cnccc1C)N1CCCC1=O. The van der Waals surface area contributed by atoms with Crippen LogP contribution < -0.4 is 5.01 Å². The highest BCUT2D eigenvalue weighted by Gasteiger charge is 2.26. The smallest absolute Gasteiger partial charge is 0.241 e. The summed E-state index contributed by atoms with van der Waals surface area (Å²) in [6, 6.07) is 1.98. The first-order valence-corrected chi connectivity index (χ1v) is 6.22. The van der Waals surface area contributed by atoms with Crippen molar-refractivity contribution in [2.45, 2.75) is 33.1 Å². The molecule has 1 aromatic heterocycles. The molecular weight excluding hydrogens is 214 g/mol. The molecule has 4 nitrogen and oxygen atoms in total. The third-order valence-corrected chi connectivity index (χ3v) is 3.06. The molecule has 0 aliphatic carbocycles. The molecule has 0 unspecified atom stereocenters. The van der Waals surface area contributed by atoms with Gasteiger partial charge in [-0.25, -0.2) is 0 Å². The number of hydrazine groups is 1. The molecule has 0 saturated carbocycles. The maximum atomic E-state index is 11.8. The van der Waals surface area contributed by atoms with E-state index in [4.69, 9.17) is 0 Å². The van der Waals surface area contributed by atoms with Gasteiger partial charge in [-0.05, 0) is 31.4 Å². The number of aromatic nitrogens is 1. The summed E-state index contributed by atoms with van der Waals surface area (Å²) in [5, 5.41) is 3.95. The molecule has 1 amide bonds. The zero-order valence-electron chi connectivity index (χ0n) is 10.5. The van der Waals surface area contributed by atoms with E-state index in [0.29, 0.717) is 6.42 Å². The summed E-state index contributed by atoms with van der Waals surface area (Å²) in [5.41, 5.74) is 2.21. The number of hydrogen-bond acceptors (Lipinski definition) is 3. The standard InChI is InChI=1S/C13H19N3O/c1-3-8-15(16-9-4-5-13(16)17)12-10-14-7-6-11(12)2/h6-7,10H,3-5,8-9H2,1-2H3. The largest absolute Gasteiger partial charge is 0.281 e. The average Bonchev–Trinajstić information content (AvgIpc) is 2.74. The quantitative estimate of drug-likeness (QED) is 0.799. The molecular formula is C13H19N3O. The molecule has 1 fully saturated rings. The summed E-state index contributed by atoms with van der Waals surface area (Å²) in [5.74, 6) is 0.224. The molecule has 0 aromatic carbocycles. The molecule has 0 spiro atoms. The Morgan fingerprint density at radius 1 is 1.53 bits per heavy atom. The second-order valence-electron chi connectivity index (χ2n) is 4.41. The molecule has 1 saturated heterocycles. The lowest BCUT2D eigenvalue weighted by Gasteiger charge is -2.34. The topological polar surface area (TPSA) is 36.4 Å². The minimum absolute atomic E-state index is 0.224. The summed E-state index contributed by atoms with van der Waals surface area (Å²) in [7, 11) is 0. The molecule has 92 valence electrons. The average molecular weight is 233 g/mol. The normalized spacial score (nSPS) is 15.4. The van der Waals surface area contributed by atoms with Crippen LogP contribution in [0.1, 0.15) is 31.7 Å². The van der Waals surface area contributed by atoms with Crippen molar-refractivity contribution in [1.29, 1.82) is 0 Å². The fourth-order valence-corrected chi connectivity index (χ4v) is 2.20. The van der Waals surface area contributed by atoms with E-state index in [-0.39, 0.29) is 5.91 Å². The molecule has 2 rings (SSSR count). The zero-order valence-corrected chi connectivity index (χ0v) is 10.5. The summed E-state index contributed by atoms with van der Waals surface area (Å²) in [6.45, 7) is 5.87. The van der Waals surface area contributed by atoms with Crippen LogP contribution >= 0.6 is 0 Å². The Morgan fingerprint density at radius 3 is 2.94 bits per heavy atom. The monoisotopic (exact) mass is 233 g/mol. The predicted molar refractivity (Wildman–Crippen MR) is 67.6 cm³/mol. The highest BCUT2D eigenvalue weighted by molar-refractivity contribution is 5.80. The number of anilines is 1. The Bertz CT molecular complexity index is 405. The Morgan fingerprint density at radius 2 is 2.35 bits per heavy atom. The third-order valence-electron chi connectivity index (χ3n) is 3.06. The summed E-state index contributed by atoms with van der Waals surface area (Å²) < 4.78 is 0. The second kappa shape index (κ2) is 5.17. The van der Waals surface area contributed by atoms with Crippen LogP contribution in [-0.4, -0.2) is 29.0 Å². The number of nitrogens with zero attached hydrogens (tertiary/aromatic N) is 3. The number of hydrogen-bond donors (Lipinski definition) is 0. The zero-order chi connectivity index (χ0) is 12.3. The lowest BCUT2D eigenvalue weighted by molar-refractivity contribution is -0.128. The summed E-state index contributed by atoms with van der Waals surface area (Å²) in [4.78, 5) is 16.0. The second-order valence-corrected chi connectivity index (χ2v) is 4.41. The maximum absolute atomic E-state index is 11.8. The lowest BCUT2D eigenvalue weighted by atomic mass is 10.2. The molecule has 2 heterocycles. The fraction of sp³-hybridized carbons (Fsp3) is 0.538.